The summed E-state index contributed by atoms with van der Waals surface area (Å²) in [6, 6.07) is 8.00. The fourth-order valence-corrected chi connectivity index (χ4v) is 2.01. The van der Waals surface area contributed by atoms with Crippen molar-refractivity contribution in [3.63, 3.8) is 0 Å². The zero-order valence-corrected chi connectivity index (χ0v) is 12.5. The van der Waals surface area contributed by atoms with E-state index >= 15 is 0 Å². The van der Waals surface area contributed by atoms with Gasteiger partial charge in [-0.15, -0.1) is 0 Å². The van der Waals surface area contributed by atoms with E-state index in [0.29, 0.717) is 4.77 Å². The molecule has 0 saturated heterocycles. The van der Waals surface area contributed by atoms with Gasteiger partial charge in [-0.1, -0.05) is 35.0 Å². The van der Waals surface area contributed by atoms with Gasteiger partial charge in [-0.2, -0.15) is 14.9 Å². The lowest BCUT2D eigenvalue weighted by Crippen LogP contribution is -2.03. The largest absolute Gasteiger partial charge is 0.250 e. The minimum atomic E-state index is 0.517. The van der Waals surface area contributed by atoms with Crippen LogP contribution in [0.4, 0.5) is 0 Å². The van der Waals surface area contributed by atoms with Crippen molar-refractivity contribution in [1.82, 2.24) is 14.9 Å². The monoisotopic (exact) mass is 324 g/mol. The van der Waals surface area contributed by atoms with Gasteiger partial charge in [0.2, 0.25) is 4.77 Å². The third kappa shape index (κ3) is 2.76. The van der Waals surface area contributed by atoms with Crippen molar-refractivity contribution >= 4 is 33.9 Å². The van der Waals surface area contributed by atoms with E-state index in [1.54, 1.807) is 4.68 Å². The molecule has 6 heteroatoms. The van der Waals surface area contributed by atoms with Gasteiger partial charge >= 0.3 is 0 Å². The maximum absolute atomic E-state index is 5.16. The Morgan fingerprint density at radius 2 is 2.11 bits per heavy atom. The van der Waals surface area contributed by atoms with E-state index in [-0.39, 0.29) is 0 Å². The van der Waals surface area contributed by atoms with Crippen LogP contribution in [-0.2, 0) is 6.42 Å². The number of hydrogen-bond donors (Lipinski definition) is 1. The minimum absolute atomic E-state index is 0.517. The molecule has 2 rings (SSSR count). The highest BCUT2D eigenvalue weighted by Crippen LogP contribution is 2.11. The van der Waals surface area contributed by atoms with Gasteiger partial charge in [0.1, 0.15) is 0 Å². The van der Waals surface area contributed by atoms with Crippen molar-refractivity contribution in [2.45, 2.75) is 20.3 Å². The lowest BCUT2D eigenvalue weighted by molar-refractivity contribution is 0.776. The van der Waals surface area contributed by atoms with E-state index in [0.717, 1.165) is 28.0 Å². The second-order valence-corrected chi connectivity index (χ2v) is 5.11. The minimum Gasteiger partial charge on any atom is -0.250 e. The van der Waals surface area contributed by atoms with Crippen molar-refractivity contribution in [3.8, 4) is 0 Å². The molecule has 2 aromatic rings. The number of aryl methyl sites for hydroxylation is 1. The zero-order chi connectivity index (χ0) is 13.1. The van der Waals surface area contributed by atoms with E-state index in [9.17, 15) is 0 Å². The summed E-state index contributed by atoms with van der Waals surface area (Å²) in [4.78, 5) is 0. The van der Waals surface area contributed by atoms with Crippen LogP contribution in [0, 0.1) is 4.77 Å². The number of nitrogens with one attached hydrogen (secondary N) is 1. The first-order valence-corrected chi connectivity index (χ1v) is 6.79. The molecule has 0 bridgehead atoms. The third-order valence-electron chi connectivity index (χ3n) is 2.55. The van der Waals surface area contributed by atoms with Crippen LogP contribution in [0.15, 0.2) is 33.8 Å². The molecule has 0 amide bonds. The second-order valence-electron chi connectivity index (χ2n) is 3.80. The van der Waals surface area contributed by atoms with Crippen LogP contribution >= 0.6 is 28.1 Å². The Kier molecular flexibility index (Phi) is 4.08. The molecule has 0 fully saturated rings. The number of nitrogens with zero attached hydrogens (tertiary/aromatic N) is 3. The van der Waals surface area contributed by atoms with Crippen molar-refractivity contribution in [2.24, 2.45) is 5.10 Å². The number of aromatic nitrogens is 3. The maximum Gasteiger partial charge on any atom is 0.216 e. The van der Waals surface area contributed by atoms with Gasteiger partial charge in [-0.3, -0.25) is 5.10 Å². The molecule has 1 aromatic carbocycles. The molecule has 1 N–H and O–H groups in total. The Morgan fingerprint density at radius 3 is 2.72 bits per heavy atom. The Hall–Kier alpha value is -1.27. The van der Waals surface area contributed by atoms with Crippen LogP contribution in [-0.4, -0.2) is 20.6 Å². The Morgan fingerprint density at radius 1 is 1.44 bits per heavy atom. The Balaban J connectivity index is 2.41. The van der Waals surface area contributed by atoms with E-state index < -0.39 is 0 Å². The molecule has 0 atom stereocenters. The lowest BCUT2D eigenvalue weighted by Gasteiger charge is -2.03. The van der Waals surface area contributed by atoms with E-state index in [1.807, 2.05) is 38.1 Å². The molecule has 0 radical (unpaired) electrons. The first kappa shape index (κ1) is 13.2. The second kappa shape index (κ2) is 5.58. The molecular formula is C12H13BrN4S. The number of hydrogen-bond acceptors (Lipinski definition) is 3. The van der Waals surface area contributed by atoms with Crippen molar-refractivity contribution < 1.29 is 0 Å². The van der Waals surface area contributed by atoms with Crippen molar-refractivity contribution in [3.05, 3.63) is 44.9 Å². The molecule has 0 spiro atoms. The molecule has 0 saturated carbocycles. The molecule has 0 unspecified atom stereocenters. The summed E-state index contributed by atoms with van der Waals surface area (Å²) < 4.78 is 3.24. The summed E-state index contributed by atoms with van der Waals surface area (Å²) in [5, 5.41) is 11.4. The van der Waals surface area contributed by atoms with Crippen molar-refractivity contribution in [2.75, 3.05) is 0 Å². The normalized spacial score (nSPS) is 11.8. The molecule has 1 aromatic heterocycles. The van der Waals surface area contributed by atoms with E-state index in [2.05, 4.69) is 31.2 Å². The van der Waals surface area contributed by atoms with Gasteiger partial charge < -0.3 is 0 Å². The van der Waals surface area contributed by atoms with Gasteiger partial charge in [-0.25, -0.2) is 0 Å². The summed E-state index contributed by atoms with van der Waals surface area (Å²) in [6.07, 6.45) is 0.782. The number of benzene rings is 1. The Labute approximate surface area is 119 Å². The first-order chi connectivity index (χ1) is 8.61. The SMILES string of the molecule is CCc1n[nH]c(=S)n1N=C(C)c1ccc(Br)cc1. The molecule has 18 heavy (non-hydrogen) atoms. The van der Waals surface area contributed by atoms with Gasteiger partial charge in [0.25, 0.3) is 0 Å². The summed E-state index contributed by atoms with van der Waals surface area (Å²) in [5.74, 6) is 0.830. The maximum atomic E-state index is 5.16. The molecule has 94 valence electrons. The van der Waals surface area contributed by atoms with Crippen LogP contribution in [0.5, 0.6) is 0 Å². The fraction of sp³-hybridized carbons (Fsp3) is 0.250. The van der Waals surface area contributed by atoms with Crippen LogP contribution in [0.2, 0.25) is 0 Å². The number of rotatable bonds is 3. The molecular weight excluding hydrogens is 312 g/mol. The number of aromatic amines is 1. The summed E-state index contributed by atoms with van der Waals surface area (Å²) >= 11 is 8.57. The molecule has 0 aliphatic rings. The highest BCUT2D eigenvalue weighted by Gasteiger charge is 2.04. The van der Waals surface area contributed by atoms with Gasteiger partial charge in [-0.05, 0) is 36.8 Å². The molecule has 1 heterocycles. The molecule has 4 nitrogen and oxygen atoms in total. The number of halogens is 1. The van der Waals surface area contributed by atoms with Gasteiger partial charge in [0.15, 0.2) is 5.82 Å². The summed E-state index contributed by atoms with van der Waals surface area (Å²) in [7, 11) is 0. The van der Waals surface area contributed by atoms with Crippen LogP contribution in [0.1, 0.15) is 25.2 Å². The topological polar surface area (TPSA) is 46.0 Å². The van der Waals surface area contributed by atoms with Crippen LogP contribution in [0.25, 0.3) is 0 Å². The van der Waals surface area contributed by atoms with Crippen molar-refractivity contribution in [1.29, 1.82) is 0 Å². The number of H-pyrrole nitrogens is 1. The first-order valence-electron chi connectivity index (χ1n) is 5.59. The summed E-state index contributed by atoms with van der Waals surface area (Å²) in [5.41, 5.74) is 1.96. The molecule has 0 aliphatic carbocycles. The van der Waals surface area contributed by atoms with Crippen LogP contribution < -0.4 is 0 Å². The average molecular weight is 325 g/mol. The molecule has 0 aliphatic heterocycles. The average Bonchev–Trinajstić information content (AvgIpc) is 2.71. The lowest BCUT2D eigenvalue weighted by atomic mass is 10.1. The predicted octanol–water partition coefficient (Wildman–Crippen LogP) is 3.54. The van der Waals surface area contributed by atoms with Crippen LogP contribution in [0.3, 0.4) is 0 Å². The summed E-state index contributed by atoms with van der Waals surface area (Å²) in [6.45, 7) is 3.98. The highest BCUT2D eigenvalue weighted by molar-refractivity contribution is 9.10. The third-order valence-corrected chi connectivity index (χ3v) is 3.34. The van der Waals surface area contributed by atoms with Gasteiger partial charge in [0.05, 0.1) is 5.71 Å². The van der Waals surface area contributed by atoms with E-state index in [4.69, 9.17) is 12.2 Å². The zero-order valence-electron chi connectivity index (χ0n) is 10.1. The predicted molar refractivity (Wildman–Crippen MR) is 78.5 cm³/mol. The van der Waals surface area contributed by atoms with E-state index in [1.165, 1.54) is 0 Å². The highest BCUT2D eigenvalue weighted by atomic mass is 79.9. The Bertz CT molecular complexity index is 624. The van der Waals surface area contributed by atoms with Gasteiger partial charge in [0, 0.05) is 10.9 Å². The quantitative estimate of drug-likeness (QED) is 0.693. The standard InChI is InChI=1S/C12H13BrN4S/c1-3-11-14-15-12(18)17(11)16-8(2)9-4-6-10(13)7-5-9/h4-7H,3H2,1-2H3,(H,15,18). The smallest absolute Gasteiger partial charge is 0.216 e. The fourth-order valence-electron chi connectivity index (χ4n) is 1.56.